The second kappa shape index (κ2) is 5.87. The average Bonchev–Trinajstić information content (AvgIpc) is 2.46. The van der Waals surface area contributed by atoms with Crippen molar-refractivity contribution < 1.29 is 0 Å². The molecule has 2 aromatic rings. The summed E-state index contributed by atoms with van der Waals surface area (Å²) in [6, 6.07) is 20.6. The van der Waals surface area contributed by atoms with Crippen LogP contribution in [0.1, 0.15) is 6.92 Å². The molecule has 0 aromatic heterocycles. The van der Waals surface area contributed by atoms with Gasteiger partial charge >= 0.3 is 0 Å². The van der Waals surface area contributed by atoms with Gasteiger partial charge in [0.25, 0.3) is 0 Å². The Labute approximate surface area is 109 Å². The van der Waals surface area contributed by atoms with E-state index in [1.165, 1.54) is 0 Å². The van der Waals surface area contributed by atoms with E-state index in [0.29, 0.717) is 0 Å². The molecule has 0 atom stereocenters. The van der Waals surface area contributed by atoms with Gasteiger partial charge in [0, 0.05) is 17.1 Å². The van der Waals surface area contributed by atoms with Crippen LogP contribution in [-0.4, -0.2) is 0 Å². The monoisotopic (exact) mass is 235 g/mol. The fourth-order valence-corrected chi connectivity index (χ4v) is 1.94. The van der Waals surface area contributed by atoms with Crippen molar-refractivity contribution in [2.24, 2.45) is 0 Å². The maximum atomic E-state index is 3.89. The van der Waals surface area contributed by atoms with E-state index in [1.54, 1.807) is 0 Å². The Morgan fingerprint density at radius 2 is 1.33 bits per heavy atom. The molecule has 0 aliphatic heterocycles. The highest BCUT2D eigenvalue weighted by molar-refractivity contribution is 5.69. The Morgan fingerprint density at radius 3 is 1.67 bits per heavy atom. The highest BCUT2D eigenvalue weighted by Crippen LogP contribution is 2.29. The number of benzene rings is 2. The Kier molecular flexibility index (Phi) is 3.98. The number of anilines is 2. The van der Waals surface area contributed by atoms with Gasteiger partial charge in [-0.3, -0.25) is 0 Å². The minimum atomic E-state index is 1.08. The molecule has 1 nitrogen and oxygen atoms in total. The first-order valence-electron chi connectivity index (χ1n) is 6.06. The van der Waals surface area contributed by atoms with Crippen molar-refractivity contribution in [2.75, 3.05) is 4.90 Å². The Balaban J connectivity index is 2.52. The predicted octanol–water partition coefficient (Wildman–Crippen LogP) is 4.91. The predicted molar refractivity (Wildman–Crippen MR) is 79.0 cm³/mol. The van der Waals surface area contributed by atoms with Crippen molar-refractivity contribution in [3.05, 3.63) is 85.1 Å². The van der Waals surface area contributed by atoms with E-state index in [9.17, 15) is 0 Å². The second-order valence-corrected chi connectivity index (χ2v) is 3.92. The van der Waals surface area contributed by atoms with Crippen LogP contribution < -0.4 is 4.90 Å². The number of hydrogen-bond acceptors (Lipinski definition) is 1. The number of rotatable bonds is 4. The van der Waals surface area contributed by atoms with Crippen LogP contribution in [0, 0.1) is 0 Å². The molecule has 0 aliphatic rings. The van der Waals surface area contributed by atoms with Gasteiger partial charge in [-0.05, 0) is 37.3 Å². The molecule has 2 rings (SSSR count). The van der Waals surface area contributed by atoms with E-state index in [2.05, 4.69) is 41.8 Å². The van der Waals surface area contributed by atoms with Crippen LogP contribution in [0.4, 0.5) is 11.4 Å². The lowest BCUT2D eigenvalue weighted by Crippen LogP contribution is -2.14. The van der Waals surface area contributed by atoms with Crippen LogP contribution in [0.25, 0.3) is 0 Å². The summed E-state index contributed by atoms with van der Waals surface area (Å²) in [4.78, 5) is 2.19. The summed E-state index contributed by atoms with van der Waals surface area (Å²) in [6.07, 6.45) is 3.94. The number of nitrogens with zero attached hydrogens (tertiary/aromatic N) is 1. The Morgan fingerprint density at radius 1 is 0.889 bits per heavy atom. The van der Waals surface area contributed by atoms with Crippen LogP contribution in [0.15, 0.2) is 85.1 Å². The van der Waals surface area contributed by atoms with Crippen molar-refractivity contribution >= 4 is 11.4 Å². The minimum Gasteiger partial charge on any atom is -0.311 e. The first-order chi connectivity index (χ1) is 8.86. The van der Waals surface area contributed by atoms with Gasteiger partial charge in [-0.15, -0.1) is 0 Å². The van der Waals surface area contributed by atoms with Crippen LogP contribution in [0.2, 0.25) is 0 Å². The molecular formula is C17H17N. The van der Waals surface area contributed by atoms with E-state index in [-0.39, 0.29) is 0 Å². The summed E-state index contributed by atoms with van der Waals surface area (Å²) in [7, 11) is 0. The summed E-state index contributed by atoms with van der Waals surface area (Å²) in [5.41, 5.74) is 3.35. The first kappa shape index (κ1) is 12.2. The van der Waals surface area contributed by atoms with Gasteiger partial charge in [0.15, 0.2) is 0 Å². The summed E-state index contributed by atoms with van der Waals surface area (Å²) in [6.45, 7) is 5.92. The lowest BCUT2D eigenvalue weighted by molar-refractivity contribution is 1.20. The average molecular weight is 235 g/mol. The third kappa shape index (κ3) is 2.51. The third-order valence-electron chi connectivity index (χ3n) is 2.79. The van der Waals surface area contributed by atoms with Gasteiger partial charge in [-0.25, -0.2) is 0 Å². The van der Waals surface area contributed by atoms with E-state index < -0.39 is 0 Å². The molecule has 0 N–H and O–H groups in total. The Hall–Kier alpha value is -2.28. The summed E-state index contributed by atoms with van der Waals surface area (Å²) >= 11 is 0. The smallest absolute Gasteiger partial charge is 0.0461 e. The minimum absolute atomic E-state index is 1.08. The lowest BCUT2D eigenvalue weighted by Gasteiger charge is -2.26. The van der Waals surface area contributed by atoms with Crippen LogP contribution in [0.5, 0.6) is 0 Å². The molecule has 0 saturated carbocycles. The molecule has 0 fully saturated rings. The molecule has 0 radical (unpaired) electrons. The number of para-hydroxylation sites is 2. The van der Waals surface area contributed by atoms with E-state index >= 15 is 0 Å². The second-order valence-electron chi connectivity index (χ2n) is 3.92. The zero-order valence-corrected chi connectivity index (χ0v) is 10.6. The van der Waals surface area contributed by atoms with Crippen molar-refractivity contribution in [2.45, 2.75) is 6.92 Å². The molecule has 90 valence electrons. The molecule has 0 heterocycles. The highest BCUT2D eigenvalue weighted by atomic mass is 15.1. The molecule has 1 heteroatoms. The molecule has 0 unspecified atom stereocenters. The summed E-state index contributed by atoms with van der Waals surface area (Å²) < 4.78 is 0. The van der Waals surface area contributed by atoms with Gasteiger partial charge in [0.2, 0.25) is 0 Å². The molecule has 0 spiro atoms. The van der Waals surface area contributed by atoms with Gasteiger partial charge in [0.1, 0.15) is 0 Å². The number of allylic oxidation sites excluding steroid dienone is 2. The van der Waals surface area contributed by atoms with Crippen LogP contribution >= 0.6 is 0 Å². The van der Waals surface area contributed by atoms with Gasteiger partial charge in [0.05, 0.1) is 0 Å². The zero-order valence-electron chi connectivity index (χ0n) is 10.6. The standard InChI is InChI=1S/C17H17N/c1-3-15(4-2)18(16-11-7-5-8-12-16)17-13-9-6-10-14-17/h3-14H,1H2,2H3/b15-4+. The number of hydrogen-bond donors (Lipinski definition) is 0. The zero-order chi connectivity index (χ0) is 12.8. The Bertz CT molecular complexity index is 487. The molecule has 2 aromatic carbocycles. The SMILES string of the molecule is C=C/C(=C\C)N(c1ccccc1)c1ccccc1. The molecule has 0 saturated heterocycles. The topological polar surface area (TPSA) is 3.24 Å². The van der Waals surface area contributed by atoms with Crippen molar-refractivity contribution in [3.63, 3.8) is 0 Å². The summed E-state index contributed by atoms with van der Waals surface area (Å²) in [5, 5.41) is 0. The van der Waals surface area contributed by atoms with E-state index in [0.717, 1.165) is 17.1 Å². The molecule has 0 aliphatic carbocycles. The molecular weight excluding hydrogens is 218 g/mol. The van der Waals surface area contributed by atoms with E-state index in [1.807, 2.05) is 49.4 Å². The largest absolute Gasteiger partial charge is 0.311 e. The van der Waals surface area contributed by atoms with E-state index in [4.69, 9.17) is 0 Å². The quantitative estimate of drug-likeness (QED) is 0.680. The van der Waals surface area contributed by atoms with Crippen molar-refractivity contribution in [1.29, 1.82) is 0 Å². The van der Waals surface area contributed by atoms with Crippen LogP contribution in [0.3, 0.4) is 0 Å². The first-order valence-corrected chi connectivity index (χ1v) is 6.06. The highest BCUT2D eigenvalue weighted by Gasteiger charge is 2.10. The van der Waals surface area contributed by atoms with Gasteiger partial charge in [-0.2, -0.15) is 0 Å². The third-order valence-corrected chi connectivity index (χ3v) is 2.79. The van der Waals surface area contributed by atoms with Crippen LogP contribution in [-0.2, 0) is 0 Å². The maximum Gasteiger partial charge on any atom is 0.0461 e. The summed E-state index contributed by atoms with van der Waals surface area (Å²) in [5.74, 6) is 0. The van der Waals surface area contributed by atoms with Crippen molar-refractivity contribution in [3.8, 4) is 0 Å². The lowest BCUT2D eigenvalue weighted by atomic mass is 10.2. The molecule has 0 amide bonds. The van der Waals surface area contributed by atoms with Crippen molar-refractivity contribution in [1.82, 2.24) is 0 Å². The molecule has 18 heavy (non-hydrogen) atoms. The maximum absolute atomic E-state index is 3.89. The fourth-order valence-electron chi connectivity index (χ4n) is 1.94. The normalized spacial score (nSPS) is 11.1. The van der Waals surface area contributed by atoms with Gasteiger partial charge in [-0.1, -0.05) is 49.1 Å². The molecule has 0 bridgehead atoms. The van der Waals surface area contributed by atoms with Gasteiger partial charge < -0.3 is 4.90 Å². The fraction of sp³-hybridized carbons (Fsp3) is 0.0588.